The van der Waals surface area contributed by atoms with E-state index in [1.54, 1.807) is 38.4 Å². The van der Waals surface area contributed by atoms with Crippen molar-refractivity contribution < 1.29 is 13.3 Å². The molecule has 13 heavy (non-hydrogen) atoms. The highest BCUT2D eigenvalue weighted by Gasteiger charge is 2.06. The number of benzene rings is 1. The SMILES string of the molecule is [2H]C([2H])([NH3+])c1ccc(C(=O)N(C)C)cc1. The van der Waals surface area contributed by atoms with E-state index in [1.807, 2.05) is 0 Å². The zero-order valence-corrected chi connectivity index (χ0v) is 7.87. The van der Waals surface area contributed by atoms with Crippen molar-refractivity contribution in [2.24, 2.45) is 0 Å². The standard InChI is InChI=1S/C10H14N2O/c1-12(2)10(13)9-5-3-8(7-11)4-6-9/h3-6H,7,11H2,1-2H3/p+1/i7D2. The van der Waals surface area contributed by atoms with Crippen molar-refractivity contribution in [3.05, 3.63) is 35.4 Å². The predicted octanol–water partition coefficient (Wildman–Crippen LogP) is 0.130. The fourth-order valence-electron chi connectivity index (χ4n) is 0.989. The molecule has 3 N–H and O–H groups in total. The van der Waals surface area contributed by atoms with E-state index < -0.39 is 6.50 Å². The summed E-state index contributed by atoms with van der Waals surface area (Å²) in [5.74, 6) is -0.0915. The molecule has 70 valence electrons. The van der Waals surface area contributed by atoms with Gasteiger partial charge in [0.15, 0.2) is 0 Å². The summed E-state index contributed by atoms with van der Waals surface area (Å²) in [6, 6.07) is 6.40. The smallest absolute Gasteiger partial charge is 0.253 e. The number of nitrogens with zero attached hydrogens (tertiary/aromatic N) is 1. The van der Waals surface area contributed by atoms with E-state index in [2.05, 4.69) is 5.73 Å². The summed E-state index contributed by atoms with van der Waals surface area (Å²) >= 11 is 0. The molecule has 0 spiro atoms. The summed E-state index contributed by atoms with van der Waals surface area (Å²) < 4.78 is 14.8. The first-order chi connectivity index (χ1) is 6.82. The minimum absolute atomic E-state index is 0.0915. The highest BCUT2D eigenvalue weighted by Crippen LogP contribution is 2.04. The van der Waals surface area contributed by atoms with Gasteiger partial charge in [0.05, 0.1) is 9.24 Å². The van der Waals surface area contributed by atoms with Crippen molar-refractivity contribution in [1.29, 1.82) is 0 Å². The summed E-state index contributed by atoms with van der Waals surface area (Å²) in [5.41, 5.74) is 4.41. The number of quaternary nitrogens is 1. The van der Waals surface area contributed by atoms with Crippen LogP contribution in [0.2, 0.25) is 0 Å². The molecule has 1 aromatic rings. The molecule has 1 amide bonds. The Balaban J connectivity index is 2.96. The minimum Gasteiger partial charge on any atom is -0.354 e. The number of carbonyl (C=O) groups is 1. The molecule has 0 bridgehead atoms. The molecular formula is C10H15N2O+. The molecule has 0 saturated carbocycles. The van der Waals surface area contributed by atoms with Gasteiger partial charge in [0, 0.05) is 25.2 Å². The number of hydrogen-bond acceptors (Lipinski definition) is 1. The van der Waals surface area contributed by atoms with Crippen LogP contribution in [0.3, 0.4) is 0 Å². The molecule has 3 heteroatoms. The van der Waals surface area contributed by atoms with Crippen molar-refractivity contribution in [2.75, 3.05) is 14.1 Å². The fourth-order valence-corrected chi connectivity index (χ4v) is 0.989. The summed E-state index contributed by atoms with van der Waals surface area (Å²) in [7, 11) is 3.35. The lowest BCUT2D eigenvalue weighted by atomic mass is 10.1. The normalized spacial score (nSPS) is 13.2. The van der Waals surface area contributed by atoms with Crippen molar-refractivity contribution in [3.63, 3.8) is 0 Å². The van der Waals surface area contributed by atoms with Gasteiger partial charge in [0.1, 0.15) is 0 Å². The number of carbonyl (C=O) groups excluding carboxylic acids is 1. The molecule has 0 fully saturated rings. The lowest BCUT2D eigenvalue weighted by Crippen LogP contribution is -2.47. The molecule has 0 aliphatic carbocycles. The minimum atomic E-state index is -1.61. The van der Waals surface area contributed by atoms with E-state index in [9.17, 15) is 4.79 Å². The highest BCUT2D eigenvalue weighted by atomic mass is 16.2. The van der Waals surface area contributed by atoms with Crippen LogP contribution in [-0.4, -0.2) is 24.9 Å². The van der Waals surface area contributed by atoms with E-state index >= 15 is 0 Å². The summed E-state index contributed by atoms with van der Waals surface area (Å²) in [6.07, 6.45) is 0. The first-order valence-corrected chi connectivity index (χ1v) is 4.00. The van der Waals surface area contributed by atoms with Gasteiger partial charge >= 0.3 is 0 Å². The van der Waals surface area contributed by atoms with Gasteiger partial charge < -0.3 is 10.6 Å². The van der Waals surface area contributed by atoms with Crippen molar-refractivity contribution >= 4 is 5.91 Å². The second-order valence-electron chi connectivity index (χ2n) is 2.95. The molecule has 0 saturated heterocycles. The zero-order chi connectivity index (χ0) is 11.6. The van der Waals surface area contributed by atoms with Gasteiger partial charge in [0.2, 0.25) is 0 Å². The van der Waals surface area contributed by atoms with Crippen LogP contribution in [0.25, 0.3) is 0 Å². The lowest BCUT2D eigenvalue weighted by molar-refractivity contribution is -0.386. The Morgan fingerprint density at radius 2 is 2.00 bits per heavy atom. The average Bonchev–Trinajstić information content (AvgIpc) is 2.15. The van der Waals surface area contributed by atoms with Crippen LogP contribution < -0.4 is 5.73 Å². The maximum absolute atomic E-state index is 11.5. The zero-order valence-electron chi connectivity index (χ0n) is 9.87. The Morgan fingerprint density at radius 1 is 1.46 bits per heavy atom. The van der Waals surface area contributed by atoms with E-state index in [-0.39, 0.29) is 5.91 Å². The van der Waals surface area contributed by atoms with Gasteiger partial charge in [-0.1, -0.05) is 12.1 Å². The van der Waals surface area contributed by atoms with Crippen LogP contribution in [0.1, 0.15) is 18.7 Å². The molecule has 0 aromatic heterocycles. The van der Waals surface area contributed by atoms with E-state index in [0.29, 0.717) is 11.1 Å². The second-order valence-corrected chi connectivity index (χ2v) is 2.95. The average molecular weight is 181 g/mol. The van der Waals surface area contributed by atoms with Gasteiger partial charge in [-0.3, -0.25) is 4.79 Å². The number of rotatable bonds is 2. The molecule has 0 unspecified atom stereocenters. The summed E-state index contributed by atoms with van der Waals surface area (Å²) in [5, 5.41) is 0. The van der Waals surface area contributed by atoms with Gasteiger partial charge in [-0.05, 0) is 12.1 Å². The lowest BCUT2D eigenvalue weighted by Gasteiger charge is -2.09. The van der Waals surface area contributed by atoms with Crippen molar-refractivity contribution in [1.82, 2.24) is 4.90 Å². The van der Waals surface area contributed by atoms with Gasteiger partial charge in [-0.15, -0.1) is 0 Å². The van der Waals surface area contributed by atoms with Crippen molar-refractivity contribution in [2.45, 2.75) is 6.50 Å². The van der Waals surface area contributed by atoms with Crippen LogP contribution in [0.5, 0.6) is 0 Å². The molecule has 0 radical (unpaired) electrons. The molecule has 0 aliphatic heterocycles. The van der Waals surface area contributed by atoms with Gasteiger partial charge in [-0.25, -0.2) is 0 Å². The Hall–Kier alpha value is -1.35. The maximum atomic E-state index is 11.5. The third-order valence-electron chi connectivity index (χ3n) is 1.74. The Bertz CT molecular complexity index is 355. The van der Waals surface area contributed by atoms with Crippen LogP contribution in [0.4, 0.5) is 0 Å². The molecule has 1 rings (SSSR count). The number of amides is 1. The predicted molar refractivity (Wildman–Crippen MR) is 51.1 cm³/mol. The molecule has 1 aromatic carbocycles. The molecule has 0 heterocycles. The Morgan fingerprint density at radius 3 is 2.38 bits per heavy atom. The topological polar surface area (TPSA) is 48.0 Å². The van der Waals surface area contributed by atoms with E-state index in [0.717, 1.165) is 0 Å². The van der Waals surface area contributed by atoms with Crippen LogP contribution in [0.15, 0.2) is 24.3 Å². The highest BCUT2D eigenvalue weighted by molar-refractivity contribution is 5.93. The fraction of sp³-hybridized carbons (Fsp3) is 0.300. The molecule has 0 atom stereocenters. The largest absolute Gasteiger partial charge is 0.354 e. The summed E-state index contributed by atoms with van der Waals surface area (Å²) in [6.45, 7) is -1.61. The molecule has 0 aliphatic rings. The first-order valence-electron chi connectivity index (χ1n) is 5.00. The molecular weight excluding hydrogens is 164 g/mol. The van der Waals surface area contributed by atoms with Gasteiger partial charge in [0.25, 0.3) is 5.91 Å². The first kappa shape index (κ1) is 7.09. The third-order valence-corrected chi connectivity index (χ3v) is 1.74. The van der Waals surface area contributed by atoms with Crippen LogP contribution in [-0.2, 0) is 6.50 Å². The number of hydrogen-bond donors (Lipinski definition) is 1. The second kappa shape index (κ2) is 4.05. The van der Waals surface area contributed by atoms with Crippen LogP contribution in [0, 0.1) is 0 Å². The third kappa shape index (κ3) is 2.29. The van der Waals surface area contributed by atoms with Gasteiger partial charge in [-0.2, -0.15) is 0 Å². The molecule has 3 nitrogen and oxygen atoms in total. The van der Waals surface area contributed by atoms with Crippen LogP contribution >= 0.6 is 0 Å². The Labute approximate surface area is 81.0 Å². The Kier molecular flexibility index (Phi) is 2.21. The van der Waals surface area contributed by atoms with E-state index in [1.165, 1.54) is 4.90 Å². The monoisotopic (exact) mass is 181 g/mol. The van der Waals surface area contributed by atoms with Crippen molar-refractivity contribution in [3.8, 4) is 0 Å². The quantitative estimate of drug-likeness (QED) is 0.692. The van der Waals surface area contributed by atoms with E-state index in [4.69, 9.17) is 2.74 Å². The summed E-state index contributed by atoms with van der Waals surface area (Å²) in [4.78, 5) is 13.0. The maximum Gasteiger partial charge on any atom is 0.253 e.